The molecule has 0 amide bonds. The summed E-state index contributed by atoms with van der Waals surface area (Å²) in [6.07, 6.45) is 1.49. The van der Waals surface area contributed by atoms with Crippen molar-refractivity contribution in [2.45, 2.75) is 6.92 Å². The number of hydrogen-bond donors (Lipinski definition) is 1. The van der Waals surface area contributed by atoms with E-state index in [1.165, 1.54) is 25.4 Å². The lowest BCUT2D eigenvalue weighted by Gasteiger charge is -2.07. The quantitative estimate of drug-likeness (QED) is 0.862. The highest BCUT2D eigenvalue weighted by Crippen LogP contribution is 2.18. The maximum Gasteiger partial charge on any atom is 0.338 e. The normalized spacial score (nSPS) is 10.1. The molecule has 0 fully saturated rings. The van der Waals surface area contributed by atoms with Crippen molar-refractivity contribution in [3.05, 3.63) is 53.5 Å². The summed E-state index contributed by atoms with van der Waals surface area (Å²) in [7, 11) is 1.31. The zero-order valence-electron chi connectivity index (χ0n) is 10.6. The molecule has 0 radical (unpaired) electrons. The van der Waals surface area contributed by atoms with Gasteiger partial charge in [0.1, 0.15) is 11.6 Å². The molecule has 1 heterocycles. The molecule has 2 rings (SSSR count). The molecule has 0 atom stereocenters. The van der Waals surface area contributed by atoms with Gasteiger partial charge in [0.25, 0.3) is 0 Å². The SMILES string of the molecule is COC(=O)c1ccnc(Nc2cc(C)cc(F)c2)c1. The summed E-state index contributed by atoms with van der Waals surface area (Å²) in [5.41, 5.74) is 1.76. The Kier molecular flexibility index (Phi) is 3.75. The Morgan fingerprint density at radius 2 is 2.11 bits per heavy atom. The second-order valence-electron chi connectivity index (χ2n) is 4.06. The summed E-state index contributed by atoms with van der Waals surface area (Å²) in [5.74, 6) is -0.319. The molecule has 0 bridgehead atoms. The van der Waals surface area contributed by atoms with E-state index in [1.54, 1.807) is 25.1 Å². The Labute approximate surface area is 110 Å². The van der Waals surface area contributed by atoms with Gasteiger partial charge in [0, 0.05) is 11.9 Å². The van der Waals surface area contributed by atoms with Gasteiger partial charge in [-0.2, -0.15) is 0 Å². The third-order valence-electron chi connectivity index (χ3n) is 2.50. The van der Waals surface area contributed by atoms with Gasteiger partial charge >= 0.3 is 5.97 Å². The Hall–Kier alpha value is -2.43. The lowest BCUT2D eigenvalue weighted by Crippen LogP contribution is -2.03. The molecule has 0 saturated carbocycles. The van der Waals surface area contributed by atoms with Crippen molar-refractivity contribution >= 4 is 17.5 Å². The lowest BCUT2D eigenvalue weighted by molar-refractivity contribution is 0.0600. The van der Waals surface area contributed by atoms with Crippen molar-refractivity contribution < 1.29 is 13.9 Å². The summed E-state index contributed by atoms with van der Waals surface area (Å²) in [5, 5.41) is 2.95. The first-order valence-electron chi connectivity index (χ1n) is 5.67. The molecule has 19 heavy (non-hydrogen) atoms. The number of hydrogen-bond acceptors (Lipinski definition) is 4. The van der Waals surface area contributed by atoms with E-state index >= 15 is 0 Å². The standard InChI is InChI=1S/C14H13FN2O2/c1-9-5-11(15)8-12(6-9)17-13-7-10(3-4-16-13)14(18)19-2/h3-8H,1-2H3,(H,16,17). The molecular weight excluding hydrogens is 247 g/mol. The minimum absolute atomic E-state index is 0.327. The molecule has 0 spiro atoms. The van der Waals surface area contributed by atoms with Gasteiger partial charge in [-0.3, -0.25) is 0 Å². The highest BCUT2D eigenvalue weighted by atomic mass is 19.1. The van der Waals surface area contributed by atoms with E-state index in [2.05, 4.69) is 15.0 Å². The molecule has 0 aliphatic rings. The Balaban J connectivity index is 2.25. The number of nitrogens with zero attached hydrogens (tertiary/aromatic N) is 1. The second kappa shape index (κ2) is 5.48. The highest BCUT2D eigenvalue weighted by molar-refractivity contribution is 5.90. The van der Waals surface area contributed by atoms with Crippen LogP contribution >= 0.6 is 0 Å². The highest BCUT2D eigenvalue weighted by Gasteiger charge is 2.07. The Morgan fingerprint density at radius 1 is 1.32 bits per heavy atom. The number of methoxy groups -OCH3 is 1. The third-order valence-corrected chi connectivity index (χ3v) is 2.50. The fourth-order valence-corrected chi connectivity index (χ4v) is 1.70. The molecular formula is C14H13FN2O2. The number of carbonyl (C=O) groups excluding carboxylic acids is 1. The van der Waals surface area contributed by atoms with Crippen LogP contribution in [-0.2, 0) is 4.74 Å². The van der Waals surface area contributed by atoms with E-state index in [0.29, 0.717) is 17.1 Å². The number of esters is 1. The van der Waals surface area contributed by atoms with Crippen LogP contribution < -0.4 is 5.32 Å². The molecule has 0 saturated heterocycles. The van der Waals surface area contributed by atoms with Crippen LogP contribution in [0.4, 0.5) is 15.9 Å². The zero-order valence-corrected chi connectivity index (χ0v) is 10.6. The van der Waals surface area contributed by atoms with Crippen molar-refractivity contribution in [3.63, 3.8) is 0 Å². The minimum Gasteiger partial charge on any atom is -0.465 e. The van der Waals surface area contributed by atoms with Crippen LogP contribution in [0.5, 0.6) is 0 Å². The molecule has 1 aromatic heterocycles. The monoisotopic (exact) mass is 260 g/mol. The van der Waals surface area contributed by atoms with E-state index in [0.717, 1.165) is 5.56 Å². The molecule has 1 N–H and O–H groups in total. The molecule has 0 unspecified atom stereocenters. The number of carbonyl (C=O) groups is 1. The lowest BCUT2D eigenvalue weighted by atomic mass is 10.2. The van der Waals surface area contributed by atoms with Crippen LogP contribution in [0.25, 0.3) is 0 Å². The molecule has 98 valence electrons. The Bertz CT molecular complexity index is 594. The first-order chi connectivity index (χ1) is 9.08. The third kappa shape index (κ3) is 3.28. The second-order valence-corrected chi connectivity index (χ2v) is 4.06. The molecule has 4 nitrogen and oxygen atoms in total. The smallest absolute Gasteiger partial charge is 0.338 e. The number of pyridine rings is 1. The van der Waals surface area contributed by atoms with E-state index in [9.17, 15) is 9.18 Å². The van der Waals surface area contributed by atoms with Gasteiger partial charge in [-0.15, -0.1) is 0 Å². The molecule has 5 heteroatoms. The molecule has 1 aromatic carbocycles. The zero-order chi connectivity index (χ0) is 13.8. The number of ether oxygens (including phenoxy) is 1. The van der Waals surface area contributed by atoms with Crippen molar-refractivity contribution in [2.75, 3.05) is 12.4 Å². The number of halogens is 1. The van der Waals surface area contributed by atoms with E-state index < -0.39 is 5.97 Å². The van der Waals surface area contributed by atoms with Crippen LogP contribution in [0, 0.1) is 12.7 Å². The number of aromatic nitrogens is 1. The molecule has 2 aromatic rings. The van der Waals surface area contributed by atoms with Gasteiger partial charge in [-0.1, -0.05) is 0 Å². The predicted octanol–water partition coefficient (Wildman–Crippen LogP) is 3.06. The maximum atomic E-state index is 13.3. The molecule has 0 aliphatic heterocycles. The van der Waals surface area contributed by atoms with E-state index in [-0.39, 0.29) is 5.82 Å². The van der Waals surface area contributed by atoms with Crippen LogP contribution in [-0.4, -0.2) is 18.1 Å². The number of aryl methyl sites for hydroxylation is 1. The summed E-state index contributed by atoms with van der Waals surface area (Å²) < 4.78 is 17.9. The van der Waals surface area contributed by atoms with Crippen LogP contribution in [0.2, 0.25) is 0 Å². The number of benzene rings is 1. The van der Waals surface area contributed by atoms with Gasteiger partial charge < -0.3 is 10.1 Å². The van der Waals surface area contributed by atoms with Crippen molar-refractivity contribution in [1.82, 2.24) is 4.98 Å². The fourth-order valence-electron chi connectivity index (χ4n) is 1.70. The van der Waals surface area contributed by atoms with Gasteiger partial charge in [-0.25, -0.2) is 14.2 Å². The average Bonchev–Trinajstić information content (AvgIpc) is 2.37. The van der Waals surface area contributed by atoms with E-state index in [4.69, 9.17) is 0 Å². The van der Waals surface area contributed by atoms with Crippen molar-refractivity contribution in [2.24, 2.45) is 0 Å². The van der Waals surface area contributed by atoms with Gasteiger partial charge in [0.15, 0.2) is 0 Å². The largest absolute Gasteiger partial charge is 0.465 e. The Morgan fingerprint density at radius 3 is 2.79 bits per heavy atom. The van der Waals surface area contributed by atoms with E-state index in [1.807, 2.05) is 0 Å². The summed E-state index contributed by atoms with van der Waals surface area (Å²) >= 11 is 0. The maximum absolute atomic E-state index is 13.3. The molecule has 0 aliphatic carbocycles. The van der Waals surface area contributed by atoms with Crippen LogP contribution in [0.3, 0.4) is 0 Å². The van der Waals surface area contributed by atoms with Crippen LogP contribution in [0.15, 0.2) is 36.5 Å². The number of anilines is 2. The number of rotatable bonds is 3. The first kappa shape index (κ1) is 13.0. The van der Waals surface area contributed by atoms with Gasteiger partial charge in [0.2, 0.25) is 0 Å². The van der Waals surface area contributed by atoms with Crippen molar-refractivity contribution in [1.29, 1.82) is 0 Å². The fraction of sp³-hybridized carbons (Fsp3) is 0.143. The minimum atomic E-state index is -0.444. The van der Waals surface area contributed by atoms with Gasteiger partial charge in [0.05, 0.1) is 12.7 Å². The van der Waals surface area contributed by atoms with Gasteiger partial charge in [-0.05, 0) is 42.8 Å². The topological polar surface area (TPSA) is 51.2 Å². The predicted molar refractivity (Wildman–Crippen MR) is 70.0 cm³/mol. The summed E-state index contributed by atoms with van der Waals surface area (Å²) in [6, 6.07) is 7.68. The summed E-state index contributed by atoms with van der Waals surface area (Å²) in [4.78, 5) is 15.5. The average molecular weight is 260 g/mol. The first-order valence-corrected chi connectivity index (χ1v) is 5.67. The van der Waals surface area contributed by atoms with Crippen molar-refractivity contribution in [3.8, 4) is 0 Å². The summed E-state index contributed by atoms with van der Waals surface area (Å²) in [6.45, 7) is 1.80. The number of nitrogens with one attached hydrogen (secondary N) is 1. The van der Waals surface area contributed by atoms with Crippen LogP contribution in [0.1, 0.15) is 15.9 Å².